The molecule has 0 saturated heterocycles. The van der Waals surface area contributed by atoms with Crippen molar-refractivity contribution in [1.29, 1.82) is 0 Å². The number of carboxylic acids is 1. The fourth-order valence-corrected chi connectivity index (χ4v) is 7.52. The van der Waals surface area contributed by atoms with Gasteiger partial charge in [-0.1, -0.05) is 40.5 Å². The number of hydrogen-bond acceptors (Lipinski definition) is 6. The number of fused-ring (bicyclic) bond motifs is 3. The van der Waals surface area contributed by atoms with Gasteiger partial charge in [0.2, 0.25) is 0 Å². The van der Waals surface area contributed by atoms with Gasteiger partial charge in [-0.2, -0.15) is 0 Å². The Morgan fingerprint density at radius 2 is 1.80 bits per heavy atom. The maximum Gasteiger partial charge on any atom is 0.347 e. The lowest BCUT2D eigenvalue weighted by Gasteiger charge is -2.51. The topological polar surface area (TPSA) is 89.1 Å². The highest BCUT2D eigenvalue weighted by atomic mass is 35.5. The van der Waals surface area contributed by atoms with Crippen molar-refractivity contribution in [3.05, 3.63) is 55.4 Å². The van der Waals surface area contributed by atoms with Crippen molar-refractivity contribution < 1.29 is 14.4 Å². The molecule has 3 heterocycles. The van der Waals surface area contributed by atoms with Crippen LogP contribution >= 0.6 is 34.5 Å². The summed E-state index contributed by atoms with van der Waals surface area (Å²) in [7, 11) is 0. The maximum absolute atomic E-state index is 11.5. The van der Waals surface area contributed by atoms with Crippen LogP contribution in [-0.4, -0.2) is 26.2 Å². The number of carbonyl (C=O) groups is 1. The normalized spacial score (nSPS) is 26.0. The Labute approximate surface area is 217 Å². The Bertz CT molecular complexity index is 1310. The molecule has 0 aromatic carbocycles. The van der Waals surface area contributed by atoms with E-state index >= 15 is 0 Å². The number of carboxylic acid groups (broad SMARTS) is 1. The standard InChI is InChI=1S/C26H25Cl2N3O3S/c1-14-22(23(32)33)35-24(30-14)26-9-6-25(7-10-26,8-11-26)5-4-16-20(31-34-21(16)15-2-3-15)19-17(27)12-29-13-18(19)28/h4-5,12-13,15H,2-3,6-11H2,1H3,(H,32,33). The molecule has 4 aliphatic rings. The first-order valence-electron chi connectivity index (χ1n) is 12.0. The van der Waals surface area contributed by atoms with Crippen LogP contribution in [-0.2, 0) is 5.41 Å². The molecular weight excluding hydrogens is 505 g/mol. The van der Waals surface area contributed by atoms with E-state index in [4.69, 9.17) is 32.7 Å². The van der Waals surface area contributed by atoms with E-state index in [1.807, 2.05) is 0 Å². The number of aromatic carboxylic acids is 1. The first-order valence-corrected chi connectivity index (χ1v) is 13.6. The van der Waals surface area contributed by atoms with E-state index in [1.54, 1.807) is 19.3 Å². The smallest absolute Gasteiger partial charge is 0.347 e. The third kappa shape index (κ3) is 3.92. The molecule has 7 rings (SSSR count). The van der Waals surface area contributed by atoms with Crippen molar-refractivity contribution in [2.75, 3.05) is 0 Å². The highest BCUT2D eigenvalue weighted by molar-refractivity contribution is 7.13. The molecule has 182 valence electrons. The summed E-state index contributed by atoms with van der Waals surface area (Å²) >= 11 is 14.3. The summed E-state index contributed by atoms with van der Waals surface area (Å²) in [4.78, 5) is 20.7. The number of allylic oxidation sites excluding steroid dienone is 1. The molecule has 0 unspecified atom stereocenters. The van der Waals surface area contributed by atoms with Crippen LogP contribution in [0.3, 0.4) is 0 Å². The molecule has 35 heavy (non-hydrogen) atoms. The molecule has 4 aliphatic carbocycles. The fraction of sp³-hybridized carbons (Fsp3) is 0.462. The van der Waals surface area contributed by atoms with Crippen LogP contribution in [0.15, 0.2) is 23.0 Å². The van der Waals surface area contributed by atoms with Gasteiger partial charge >= 0.3 is 5.97 Å². The van der Waals surface area contributed by atoms with E-state index in [2.05, 4.69) is 22.3 Å². The Morgan fingerprint density at radius 1 is 1.14 bits per heavy atom. The van der Waals surface area contributed by atoms with Crippen LogP contribution in [0.25, 0.3) is 17.3 Å². The van der Waals surface area contributed by atoms with E-state index in [9.17, 15) is 9.90 Å². The largest absolute Gasteiger partial charge is 0.477 e. The number of halogens is 2. The Hall–Kier alpha value is -2.22. The minimum atomic E-state index is -0.878. The molecular formula is C26H25Cl2N3O3S. The number of pyridine rings is 1. The molecule has 3 aromatic rings. The molecule has 1 N–H and O–H groups in total. The fourth-order valence-electron chi connectivity index (χ4n) is 5.80. The summed E-state index contributed by atoms with van der Waals surface area (Å²) in [5.41, 5.74) is 3.08. The third-order valence-electron chi connectivity index (χ3n) is 8.15. The van der Waals surface area contributed by atoms with Crippen LogP contribution in [0, 0.1) is 12.3 Å². The minimum Gasteiger partial charge on any atom is -0.477 e. The molecule has 0 spiro atoms. The van der Waals surface area contributed by atoms with Crippen molar-refractivity contribution >= 4 is 46.6 Å². The zero-order chi connectivity index (χ0) is 24.4. The number of hydrogen-bond donors (Lipinski definition) is 1. The Morgan fingerprint density at radius 3 is 2.37 bits per heavy atom. The average Bonchev–Trinajstić information content (AvgIpc) is 3.48. The summed E-state index contributed by atoms with van der Waals surface area (Å²) in [6.45, 7) is 1.80. The van der Waals surface area contributed by atoms with E-state index in [-0.39, 0.29) is 10.8 Å². The molecule has 0 amide bonds. The average molecular weight is 530 g/mol. The molecule has 2 bridgehead atoms. The van der Waals surface area contributed by atoms with Gasteiger partial charge in [-0.3, -0.25) is 4.98 Å². The number of aromatic nitrogens is 3. The van der Waals surface area contributed by atoms with Crippen LogP contribution in [0.2, 0.25) is 10.0 Å². The quantitative estimate of drug-likeness (QED) is 0.352. The van der Waals surface area contributed by atoms with Crippen molar-refractivity contribution in [3.8, 4) is 11.3 Å². The maximum atomic E-state index is 11.5. The summed E-state index contributed by atoms with van der Waals surface area (Å²) in [6.07, 6.45) is 16.2. The zero-order valence-corrected chi connectivity index (χ0v) is 21.6. The van der Waals surface area contributed by atoms with Crippen LogP contribution in [0.4, 0.5) is 0 Å². The predicted molar refractivity (Wildman–Crippen MR) is 136 cm³/mol. The summed E-state index contributed by atoms with van der Waals surface area (Å²) in [5, 5.41) is 15.8. The highest BCUT2D eigenvalue weighted by Crippen LogP contribution is 2.59. The van der Waals surface area contributed by atoms with Crippen LogP contribution in [0.1, 0.15) is 89.0 Å². The Balaban J connectivity index is 1.29. The van der Waals surface area contributed by atoms with Gasteiger partial charge in [0, 0.05) is 34.9 Å². The molecule has 0 aliphatic heterocycles. The van der Waals surface area contributed by atoms with Gasteiger partial charge in [-0.15, -0.1) is 11.3 Å². The number of nitrogens with zero attached hydrogens (tertiary/aromatic N) is 3. The second-order valence-corrected chi connectivity index (χ2v) is 12.1. The first kappa shape index (κ1) is 23.2. The van der Waals surface area contributed by atoms with Gasteiger partial charge in [0.05, 0.1) is 20.7 Å². The summed E-state index contributed by atoms with van der Waals surface area (Å²) in [5.74, 6) is 0.434. The minimum absolute atomic E-state index is 0.0122. The summed E-state index contributed by atoms with van der Waals surface area (Å²) in [6, 6.07) is 0. The van der Waals surface area contributed by atoms with E-state index in [1.165, 1.54) is 11.3 Å². The predicted octanol–water partition coefficient (Wildman–Crippen LogP) is 7.69. The molecule has 4 saturated carbocycles. The third-order valence-corrected chi connectivity index (χ3v) is 10.1. The number of rotatable bonds is 6. The van der Waals surface area contributed by atoms with E-state index in [0.29, 0.717) is 37.8 Å². The van der Waals surface area contributed by atoms with Crippen molar-refractivity contribution in [2.24, 2.45) is 5.41 Å². The lowest BCUT2D eigenvalue weighted by atomic mass is 9.54. The molecule has 0 radical (unpaired) electrons. The highest BCUT2D eigenvalue weighted by Gasteiger charge is 2.50. The van der Waals surface area contributed by atoms with Gasteiger partial charge in [0.25, 0.3) is 0 Å². The van der Waals surface area contributed by atoms with Crippen LogP contribution in [0.5, 0.6) is 0 Å². The van der Waals surface area contributed by atoms with E-state index in [0.717, 1.165) is 67.7 Å². The van der Waals surface area contributed by atoms with Gasteiger partial charge in [0.1, 0.15) is 16.3 Å². The lowest BCUT2D eigenvalue weighted by Crippen LogP contribution is -2.43. The first-order chi connectivity index (χ1) is 16.8. The van der Waals surface area contributed by atoms with E-state index < -0.39 is 5.97 Å². The molecule has 0 atom stereocenters. The number of thiazole rings is 1. The van der Waals surface area contributed by atoms with Crippen molar-refractivity contribution in [1.82, 2.24) is 15.1 Å². The van der Waals surface area contributed by atoms with Gasteiger partial charge in [-0.05, 0) is 63.7 Å². The monoisotopic (exact) mass is 529 g/mol. The Kier molecular flexibility index (Phi) is 5.58. The molecule has 4 fully saturated rings. The van der Waals surface area contributed by atoms with Gasteiger partial charge < -0.3 is 9.63 Å². The van der Waals surface area contributed by atoms with Gasteiger partial charge in [0.15, 0.2) is 0 Å². The molecule has 9 heteroatoms. The van der Waals surface area contributed by atoms with Crippen molar-refractivity contribution in [2.45, 2.75) is 69.6 Å². The second kappa shape index (κ2) is 8.43. The van der Waals surface area contributed by atoms with Crippen LogP contribution < -0.4 is 0 Å². The molecule has 6 nitrogen and oxygen atoms in total. The number of aryl methyl sites for hydroxylation is 1. The summed E-state index contributed by atoms with van der Waals surface area (Å²) < 4.78 is 5.81. The van der Waals surface area contributed by atoms with Gasteiger partial charge in [-0.25, -0.2) is 9.78 Å². The van der Waals surface area contributed by atoms with Crippen molar-refractivity contribution in [3.63, 3.8) is 0 Å². The lowest BCUT2D eigenvalue weighted by molar-refractivity contribution is 0.0701. The SMILES string of the molecule is Cc1nc(C23CCC(C=Cc4c(-c5c(Cl)cncc5Cl)noc4C4CC4)(CC2)CC3)sc1C(=O)O. The second-order valence-electron chi connectivity index (χ2n) is 10.3. The molecule has 3 aromatic heterocycles. The zero-order valence-electron chi connectivity index (χ0n) is 19.3.